The normalized spacial score (nSPS) is 14.0. The van der Waals surface area contributed by atoms with E-state index >= 15 is 0 Å². The van der Waals surface area contributed by atoms with Crippen molar-refractivity contribution < 1.29 is 13.2 Å². The number of benzene rings is 1. The number of hydrogen-bond acceptors (Lipinski definition) is 3. The monoisotopic (exact) mass is 313 g/mol. The van der Waals surface area contributed by atoms with Crippen LogP contribution in [0.15, 0.2) is 47.4 Å². The Hall–Kier alpha value is -2.11. The van der Waals surface area contributed by atoms with E-state index in [0.29, 0.717) is 17.9 Å². The summed E-state index contributed by atoms with van der Waals surface area (Å²) in [5.41, 5.74) is 13.3. The van der Waals surface area contributed by atoms with Gasteiger partial charge in [-0.3, -0.25) is 0 Å². The lowest BCUT2D eigenvalue weighted by atomic mass is 10.1. The average molecular weight is 313 g/mol. The van der Waals surface area contributed by atoms with Crippen molar-refractivity contribution in [3.8, 4) is 0 Å². The molecule has 0 aromatic heterocycles. The quantitative estimate of drug-likeness (QED) is 0.729. The molecular formula is C16H22F3N3. The third kappa shape index (κ3) is 5.35. The van der Waals surface area contributed by atoms with Crippen LogP contribution in [-0.2, 0) is 12.7 Å². The molecule has 0 heterocycles. The predicted octanol–water partition coefficient (Wildman–Crippen LogP) is 3.48. The smallest absolute Gasteiger partial charge is 0.402 e. The summed E-state index contributed by atoms with van der Waals surface area (Å²) in [7, 11) is 0. The van der Waals surface area contributed by atoms with Crippen molar-refractivity contribution >= 4 is 0 Å². The molecule has 0 atom stereocenters. The molecule has 0 radical (unpaired) electrons. The molecule has 0 saturated heterocycles. The van der Waals surface area contributed by atoms with Gasteiger partial charge < -0.3 is 16.8 Å². The van der Waals surface area contributed by atoms with E-state index in [2.05, 4.69) is 5.32 Å². The van der Waals surface area contributed by atoms with Crippen molar-refractivity contribution in [2.24, 2.45) is 17.4 Å². The lowest BCUT2D eigenvalue weighted by Gasteiger charge is -2.11. The molecule has 22 heavy (non-hydrogen) atoms. The molecule has 0 fully saturated rings. The Morgan fingerprint density at radius 3 is 2.18 bits per heavy atom. The van der Waals surface area contributed by atoms with Gasteiger partial charge in [-0.05, 0) is 42.2 Å². The number of nitrogens with one attached hydrogen (secondary N) is 1. The van der Waals surface area contributed by atoms with E-state index in [1.54, 1.807) is 6.08 Å². The molecule has 0 bridgehead atoms. The van der Waals surface area contributed by atoms with Crippen LogP contribution >= 0.6 is 0 Å². The molecule has 1 rings (SSSR count). The first kappa shape index (κ1) is 17.9. The lowest BCUT2D eigenvalue weighted by Crippen LogP contribution is -2.21. The Morgan fingerprint density at radius 2 is 1.73 bits per heavy atom. The van der Waals surface area contributed by atoms with Gasteiger partial charge in [-0.25, -0.2) is 0 Å². The zero-order valence-corrected chi connectivity index (χ0v) is 13.0. The van der Waals surface area contributed by atoms with Crippen LogP contribution in [0.2, 0.25) is 0 Å². The van der Waals surface area contributed by atoms with Crippen LogP contribution in [-0.4, -0.2) is 0 Å². The fourth-order valence-corrected chi connectivity index (χ4v) is 1.64. The van der Waals surface area contributed by atoms with E-state index in [4.69, 9.17) is 11.5 Å². The zero-order valence-electron chi connectivity index (χ0n) is 13.0. The van der Waals surface area contributed by atoms with E-state index in [1.165, 1.54) is 12.1 Å². The van der Waals surface area contributed by atoms with Gasteiger partial charge in [0.05, 0.1) is 11.4 Å². The summed E-state index contributed by atoms with van der Waals surface area (Å²) >= 11 is 0. The molecule has 122 valence electrons. The first-order valence-corrected chi connectivity index (χ1v) is 6.94. The van der Waals surface area contributed by atoms with Gasteiger partial charge >= 0.3 is 6.18 Å². The van der Waals surface area contributed by atoms with Crippen LogP contribution < -0.4 is 16.8 Å². The maximum absolute atomic E-state index is 12.5. The third-order valence-corrected chi connectivity index (χ3v) is 3.24. The highest BCUT2D eigenvalue weighted by molar-refractivity contribution is 5.27. The highest BCUT2D eigenvalue weighted by Gasteiger charge is 2.29. The van der Waals surface area contributed by atoms with E-state index in [1.807, 2.05) is 20.8 Å². The second-order valence-corrected chi connectivity index (χ2v) is 5.44. The van der Waals surface area contributed by atoms with Crippen LogP contribution in [0.4, 0.5) is 13.2 Å². The van der Waals surface area contributed by atoms with E-state index < -0.39 is 11.7 Å². The Morgan fingerprint density at radius 1 is 1.18 bits per heavy atom. The minimum absolute atomic E-state index is 0.220. The van der Waals surface area contributed by atoms with Gasteiger partial charge in [-0.2, -0.15) is 13.2 Å². The number of alkyl halides is 3. The third-order valence-electron chi connectivity index (χ3n) is 3.24. The predicted molar refractivity (Wildman–Crippen MR) is 82.3 cm³/mol. The number of halogens is 3. The summed E-state index contributed by atoms with van der Waals surface area (Å²) < 4.78 is 37.4. The number of nitrogens with two attached hydrogens (primary N) is 2. The van der Waals surface area contributed by atoms with Crippen molar-refractivity contribution in [3.63, 3.8) is 0 Å². The molecule has 0 aliphatic carbocycles. The van der Waals surface area contributed by atoms with Gasteiger partial charge in [-0.15, -0.1) is 0 Å². The first-order valence-electron chi connectivity index (χ1n) is 6.94. The number of rotatable bonds is 5. The summed E-state index contributed by atoms with van der Waals surface area (Å²) in [6.45, 7) is 6.12. The van der Waals surface area contributed by atoms with Crippen LogP contribution in [0.1, 0.15) is 31.9 Å². The number of allylic oxidation sites excluding steroid dienone is 3. The van der Waals surface area contributed by atoms with Crippen LogP contribution in [0.25, 0.3) is 0 Å². The maximum atomic E-state index is 12.5. The molecule has 0 aliphatic rings. The van der Waals surface area contributed by atoms with Gasteiger partial charge in [0, 0.05) is 12.2 Å². The topological polar surface area (TPSA) is 64.1 Å². The van der Waals surface area contributed by atoms with Crippen molar-refractivity contribution in [2.75, 3.05) is 0 Å². The molecule has 0 aliphatic heterocycles. The van der Waals surface area contributed by atoms with Crippen LogP contribution in [0.3, 0.4) is 0 Å². The second kappa shape index (κ2) is 7.24. The average Bonchev–Trinajstić information content (AvgIpc) is 2.43. The van der Waals surface area contributed by atoms with E-state index in [-0.39, 0.29) is 5.92 Å². The van der Waals surface area contributed by atoms with Gasteiger partial charge in [0.1, 0.15) is 0 Å². The lowest BCUT2D eigenvalue weighted by molar-refractivity contribution is -0.137. The fraction of sp³-hybridized carbons (Fsp3) is 0.375. The van der Waals surface area contributed by atoms with Crippen molar-refractivity contribution in [1.29, 1.82) is 0 Å². The van der Waals surface area contributed by atoms with Crippen molar-refractivity contribution in [1.82, 2.24) is 5.32 Å². The highest BCUT2D eigenvalue weighted by Crippen LogP contribution is 2.29. The fourth-order valence-electron chi connectivity index (χ4n) is 1.64. The van der Waals surface area contributed by atoms with Gasteiger partial charge in [0.15, 0.2) is 0 Å². The van der Waals surface area contributed by atoms with E-state index in [0.717, 1.165) is 23.4 Å². The largest absolute Gasteiger partial charge is 0.416 e. The Labute approximate surface area is 128 Å². The highest BCUT2D eigenvalue weighted by atomic mass is 19.4. The molecule has 5 N–H and O–H groups in total. The molecule has 6 heteroatoms. The minimum atomic E-state index is -4.32. The molecule has 0 unspecified atom stereocenters. The molecule has 1 aromatic rings. The summed E-state index contributed by atoms with van der Waals surface area (Å²) in [4.78, 5) is 0. The molecule has 1 aromatic carbocycles. The van der Waals surface area contributed by atoms with Gasteiger partial charge in [0.25, 0.3) is 0 Å². The summed E-state index contributed by atoms with van der Waals surface area (Å²) in [6.07, 6.45) is -2.53. The standard InChI is InChI=1S/C16H22F3N3/c1-10(2)14(20)8-11(3)15(21)22-9-12-4-6-13(7-5-12)16(17,18)19/h4-8,10,22H,9,20-21H2,1-3H3/b14-8-,15-11+. The Kier molecular flexibility index (Phi) is 5.91. The first-order chi connectivity index (χ1) is 10.1. The van der Waals surface area contributed by atoms with Crippen LogP contribution in [0, 0.1) is 5.92 Å². The van der Waals surface area contributed by atoms with Crippen molar-refractivity contribution in [2.45, 2.75) is 33.5 Å². The summed E-state index contributed by atoms with van der Waals surface area (Å²) in [5.74, 6) is 0.668. The van der Waals surface area contributed by atoms with E-state index in [9.17, 15) is 13.2 Å². The molecule has 0 spiro atoms. The SMILES string of the molecule is CC(/C=C(\N)C(C)C)=C(/N)NCc1ccc(C(F)(F)F)cc1. The Balaban J connectivity index is 2.71. The molecule has 3 nitrogen and oxygen atoms in total. The van der Waals surface area contributed by atoms with Gasteiger partial charge in [0.2, 0.25) is 0 Å². The van der Waals surface area contributed by atoms with Gasteiger partial charge in [-0.1, -0.05) is 26.0 Å². The minimum Gasteiger partial charge on any atom is -0.402 e. The van der Waals surface area contributed by atoms with Crippen LogP contribution in [0.5, 0.6) is 0 Å². The molecular weight excluding hydrogens is 291 g/mol. The Bertz CT molecular complexity index is 555. The van der Waals surface area contributed by atoms with Crippen molar-refractivity contribution in [3.05, 3.63) is 58.6 Å². The summed E-state index contributed by atoms with van der Waals surface area (Å²) in [5, 5.41) is 2.98. The number of hydrogen-bond donors (Lipinski definition) is 3. The maximum Gasteiger partial charge on any atom is 0.416 e. The molecule has 0 amide bonds. The zero-order chi connectivity index (χ0) is 16.9. The second-order valence-electron chi connectivity index (χ2n) is 5.44. The summed E-state index contributed by atoms with van der Waals surface area (Å²) in [6, 6.07) is 4.97. The molecule has 0 saturated carbocycles.